The van der Waals surface area contributed by atoms with Crippen LogP contribution < -0.4 is 11.1 Å². The molecule has 0 aromatic heterocycles. The zero-order chi connectivity index (χ0) is 8.97. The highest BCUT2D eigenvalue weighted by Crippen LogP contribution is 2.09. The highest BCUT2D eigenvalue weighted by Gasteiger charge is 2.02. The Morgan fingerprint density at radius 2 is 2.00 bits per heavy atom. The van der Waals surface area contributed by atoms with Crippen LogP contribution in [0.15, 0.2) is 30.3 Å². The molecule has 1 unspecified atom stereocenters. The summed E-state index contributed by atoms with van der Waals surface area (Å²) in [5.41, 5.74) is 6.34. The van der Waals surface area contributed by atoms with Gasteiger partial charge in [-0.1, -0.05) is 30.3 Å². The van der Waals surface area contributed by atoms with Crippen LogP contribution in [-0.2, 0) is 0 Å². The van der Waals surface area contributed by atoms with Crippen LogP contribution in [0.1, 0.15) is 18.5 Å². The first kappa shape index (κ1) is 8.59. The topological polar surface area (TPSA) is 61.9 Å². The van der Waals surface area contributed by atoms with E-state index < -0.39 is 0 Å². The molecule has 3 heteroatoms. The van der Waals surface area contributed by atoms with Crippen molar-refractivity contribution in [3.05, 3.63) is 35.9 Å². The molecular weight excluding hydrogens is 150 g/mol. The second kappa shape index (κ2) is 3.76. The molecule has 1 aromatic rings. The van der Waals surface area contributed by atoms with E-state index in [9.17, 15) is 0 Å². The molecule has 4 N–H and O–H groups in total. The molecule has 0 radical (unpaired) electrons. The average molecular weight is 163 g/mol. The maximum absolute atomic E-state index is 7.04. The molecular formula is C9H13N3. The minimum absolute atomic E-state index is 0.00588. The predicted octanol–water partition coefficient (Wildman–Crippen LogP) is 1.23. The van der Waals surface area contributed by atoms with E-state index in [0.29, 0.717) is 0 Å². The molecule has 0 spiro atoms. The highest BCUT2D eigenvalue weighted by atomic mass is 15.1. The average Bonchev–Trinajstić information content (AvgIpc) is 2.05. The van der Waals surface area contributed by atoms with Gasteiger partial charge in [0.05, 0.1) is 6.04 Å². The van der Waals surface area contributed by atoms with E-state index in [1.54, 1.807) is 0 Å². The minimum atomic E-state index is 0.00588. The van der Waals surface area contributed by atoms with Gasteiger partial charge in [-0.05, 0) is 12.5 Å². The molecule has 3 nitrogen and oxygen atoms in total. The van der Waals surface area contributed by atoms with Crippen molar-refractivity contribution in [3.8, 4) is 0 Å². The van der Waals surface area contributed by atoms with Gasteiger partial charge in [0.15, 0.2) is 5.96 Å². The molecule has 0 heterocycles. The van der Waals surface area contributed by atoms with Gasteiger partial charge in [-0.2, -0.15) is 0 Å². The van der Waals surface area contributed by atoms with Crippen LogP contribution in [0.25, 0.3) is 0 Å². The van der Waals surface area contributed by atoms with Gasteiger partial charge in [0.1, 0.15) is 0 Å². The number of hydrogen-bond donors (Lipinski definition) is 3. The molecule has 0 amide bonds. The fourth-order valence-electron chi connectivity index (χ4n) is 1.06. The van der Waals surface area contributed by atoms with Crippen molar-refractivity contribution in [2.45, 2.75) is 13.0 Å². The van der Waals surface area contributed by atoms with Crippen LogP contribution >= 0.6 is 0 Å². The standard InChI is InChI=1S/C9H13N3/c1-7(12-9(10)11)8-5-3-2-4-6-8/h2-7H,1H3,(H4,10,11,12). The van der Waals surface area contributed by atoms with E-state index >= 15 is 0 Å². The summed E-state index contributed by atoms with van der Waals surface area (Å²) in [4.78, 5) is 0. The van der Waals surface area contributed by atoms with E-state index in [-0.39, 0.29) is 12.0 Å². The summed E-state index contributed by atoms with van der Waals surface area (Å²) in [6.07, 6.45) is 0. The van der Waals surface area contributed by atoms with Crippen LogP contribution in [0.5, 0.6) is 0 Å². The second-order valence-electron chi connectivity index (χ2n) is 2.69. The van der Waals surface area contributed by atoms with E-state index in [1.807, 2.05) is 37.3 Å². The quantitative estimate of drug-likeness (QED) is 0.453. The molecule has 0 saturated heterocycles. The molecule has 1 atom stereocenters. The molecule has 0 aliphatic heterocycles. The van der Waals surface area contributed by atoms with Crippen LogP contribution in [-0.4, -0.2) is 5.96 Å². The first-order valence-electron chi connectivity index (χ1n) is 3.85. The Bertz CT molecular complexity index is 256. The van der Waals surface area contributed by atoms with Crippen molar-refractivity contribution in [3.63, 3.8) is 0 Å². The number of guanidine groups is 1. The lowest BCUT2D eigenvalue weighted by atomic mass is 10.1. The summed E-state index contributed by atoms with van der Waals surface area (Å²) in [6.45, 7) is 1.97. The van der Waals surface area contributed by atoms with Crippen LogP contribution in [0.4, 0.5) is 0 Å². The fraction of sp³-hybridized carbons (Fsp3) is 0.222. The Morgan fingerprint density at radius 3 is 2.50 bits per heavy atom. The van der Waals surface area contributed by atoms with Gasteiger partial charge in [0.2, 0.25) is 0 Å². The molecule has 0 aliphatic rings. The summed E-state index contributed by atoms with van der Waals surface area (Å²) in [5.74, 6) is 0.00588. The van der Waals surface area contributed by atoms with E-state index in [1.165, 1.54) is 0 Å². The molecule has 64 valence electrons. The van der Waals surface area contributed by atoms with Gasteiger partial charge in [0, 0.05) is 0 Å². The third-order valence-corrected chi connectivity index (χ3v) is 1.67. The van der Waals surface area contributed by atoms with Gasteiger partial charge < -0.3 is 11.1 Å². The lowest BCUT2D eigenvalue weighted by Crippen LogP contribution is -2.32. The van der Waals surface area contributed by atoms with Crippen LogP contribution in [0.2, 0.25) is 0 Å². The smallest absolute Gasteiger partial charge is 0.186 e. The Morgan fingerprint density at radius 1 is 1.42 bits per heavy atom. The molecule has 0 saturated carbocycles. The van der Waals surface area contributed by atoms with Gasteiger partial charge in [-0.15, -0.1) is 0 Å². The zero-order valence-electron chi connectivity index (χ0n) is 7.04. The van der Waals surface area contributed by atoms with Crippen LogP contribution in [0, 0.1) is 5.41 Å². The number of benzene rings is 1. The predicted molar refractivity (Wildman–Crippen MR) is 49.9 cm³/mol. The number of nitrogens with two attached hydrogens (primary N) is 1. The lowest BCUT2D eigenvalue weighted by molar-refractivity contribution is 0.709. The Labute approximate surface area is 72.1 Å². The van der Waals surface area contributed by atoms with Crippen molar-refractivity contribution in [1.82, 2.24) is 5.32 Å². The van der Waals surface area contributed by atoms with E-state index in [2.05, 4.69) is 5.32 Å². The Kier molecular flexibility index (Phi) is 2.69. The SMILES string of the molecule is CC(NC(=N)N)c1ccccc1. The molecule has 0 bridgehead atoms. The molecule has 1 rings (SSSR count). The lowest BCUT2D eigenvalue weighted by Gasteiger charge is -2.13. The largest absolute Gasteiger partial charge is 0.370 e. The van der Waals surface area contributed by atoms with Crippen molar-refractivity contribution >= 4 is 5.96 Å². The van der Waals surface area contributed by atoms with Gasteiger partial charge in [0.25, 0.3) is 0 Å². The minimum Gasteiger partial charge on any atom is -0.370 e. The third kappa shape index (κ3) is 2.27. The number of rotatable bonds is 2. The zero-order valence-corrected chi connectivity index (χ0v) is 7.04. The summed E-state index contributed by atoms with van der Waals surface area (Å²) in [5, 5.41) is 9.86. The summed E-state index contributed by atoms with van der Waals surface area (Å²) in [7, 11) is 0. The van der Waals surface area contributed by atoms with Gasteiger partial charge in [-0.3, -0.25) is 5.41 Å². The Hall–Kier alpha value is -1.51. The van der Waals surface area contributed by atoms with Crippen LogP contribution in [0.3, 0.4) is 0 Å². The first-order valence-corrected chi connectivity index (χ1v) is 3.85. The number of nitrogens with one attached hydrogen (secondary N) is 2. The molecule has 0 fully saturated rings. The summed E-state index contributed by atoms with van der Waals surface area (Å²) in [6, 6.07) is 10.00. The van der Waals surface area contributed by atoms with Gasteiger partial charge >= 0.3 is 0 Å². The number of hydrogen-bond acceptors (Lipinski definition) is 1. The maximum atomic E-state index is 7.04. The Balaban J connectivity index is 2.65. The maximum Gasteiger partial charge on any atom is 0.186 e. The molecule has 1 aromatic carbocycles. The normalized spacial score (nSPS) is 12.1. The second-order valence-corrected chi connectivity index (χ2v) is 2.69. The van der Waals surface area contributed by atoms with Crippen molar-refractivity contribution in [2.75, 3.05) is 0 Å². The highest BCUT2D eigenvalue weighted by molar-refractivity contribution is 5.74. The monoisotopic (exact) mass is 163 g/mol. The van der Waals surface area contributed by atoms with Crippen molar-refractivity contribution in [1.29, 1.82) is 5.41 Å². The van der Waals surface area contributed by atoms with Crippen molar-refractivity contribution < 1.29 is 0 Å². The fourth-order valence-corrected chi connectivity index (χ4v) is 1.06. The summed E-state index contributed by atoms with van der Waals surface area (Å²) >= 11 is 0. The first-order chi connectivity index (χ1) is 5.70. The molecule has 0 aliphatic carbocycles. The van der Waals surface area contributed by atoms with Crippen molar-refractivity contribution in [2.24, 2.45) is 5.73 Å². The van der Waals surface area contributed by atoms with E-state index in [0.717, 1.165) is 5.56 Å². The summed E-state index contributed by atoms with van der Waals surface area (Å²) < 4.78 is 0. The van der Waals surface area contributed by atoms with E-state index in [4.69, 9.17) is 11.1 Å². The third-order valence-electron chi connectivity index (χ3n) is 1.67. The molecule has 12 heavy (non-hydrogen) atoms. The van der Waals surface area contributed by atoms with Gasteiger partial charge in [-0.25, -0.2) is 0 Å².